The molecule has 2 nitrogen and oxygen atoms in total. The number of benzene rings is 2. The minimum Gasteiger partial charge on any atom is -0.381 e. The summed E-state index contributed by atoms with van der Waals surface area (Å²) < 4.78 is 0. The van der Waals surface area contributed by atoms with Gasteiger partial charge >= 0.3 is 0 Å². The van der Waals surface area contributed by atoms with Crippen LogP contribution in [0.1, 0.15) is 30.5 Å². The maximum Gasteiger partial charge on any atom is 0.0400 e. The van der Waals surface area contributed by atoms with Crippen molar-refractivity contribution in [3.8, 4) is 0 Å². The number of nitrogens with one attached hydrogen (secondary N) is 1. The van der Waals surface area contributed by atoms with Gasteiger partial charge in [-0.15, -0.1) is 0 Å². The molecule has 0 aliphatic carbocycles. The second-order valence-electron chi connectivity index (χ2n) is 5.49. The lowest BCUT2D eigenvalue weighted by Crippen LogP contribution is -2.21. The van der Waals surface area contributed by atoms with Gasteiger partial charge in [0.15, 0.2) is 0 Å². The lowest BCUT2D eigenvalue weighted by molar-refractivity contribution is 0.865. The van der Waals surface area contributed by atoms with E-state index in [1.54, 1.807) is 0 Å². The summed E-state index contributed by atoms with van der Waals surface area (Å²) in [7, 11) is 0. The van der Waals surface area contributed by atoms with Crippen molar-refractivity contribution < 1.29 is 0 Å². The van der Waals surface area contributed by atoms with Crippen molar-refractivity contribution >= 4 is 11.4 Å². The minimum absolute atomic E-state index is 0.862. The fourth-order valence-electron chi connectivity index (χ4n) is 2.47. The van der Waals surface area contributed by atoms with Crippen molar-refractivity contribution in [1.29, 1.82) is 0 Å². The predicted molar refractivity (Wildman–Crippen MR) is 93.2 cm³/mol. The third kappa shape index (κ3) is 4.01. The summed E-state index contributed by atoms with van der Waals surface area (Å²) in [4.78, 5) is 2.36. The van der Waals surface area contributed by atoms with Crippen molar-refractivity contribution in [2.24, 2.45) is 0 Å². The molecule has 112 valence electrons. The molecule has 0 heterocycles. The fraction of sp³-hybridized carbons (Fsp3) is 0.368. The highest BCUT2D eigenvalue weighted by Crippen LogP contribution is 2.17. The van der Waals surface area contributed by atoms with E-state index in [9.17, 15) is 0 Å². The first-order chi connectivity index (χ1) is 10.1. The molecule has 0 aliphatic heterocycles. The summed E-state index contributed by atoms with van der Waals surface area (Å²) >= 11 is 0. The molecule has 0 bridgehead atoms. The van der Waals surface area contributed by atoms with Gasteiger partial charge in [0.2, 0.25) is 0 Å². The first-order valence-electron chi connectivity index (χ1n) is 7.79. The van der Waals surface area contributed by atoms with E-state index in [0.29, 0.717) is 0 Å². The maximum absolute atomic E-state index is 3.49. The predicted octanol–water partition coefficient (Wildman–Crippen LogP) is 4.76. The molecular formula is C19H26N2. The largest absolute Gasteiger partial charge is 0.381 e. The van der Waals surface area contributed by atoms with E-state index in [1.165, 1.54) is 28.1 Å². The highest BCUT2D eigenvalue weighted by molar-refractivity contribution is 5.50. The molecule has 0 atom stereocenters. The van der Waals surface area contributed by atoms with Crippen LogP contribution >= 0.6 is 0 Å². The molecule has 21 heavy (non-hydrogen) atoms. The molecule has 0 aromatic heterocycles. The SMILES string of the molecule is CCN(CC)c1ccc(CNc2ccc(C)c(C)c2)cc1. The summed E-state index contributed by atoms with van der Waals surface area (Å²) in [5.41, 5.74) is 6.46. The number of aryl methyl sites for hydroxylation is 2. The molecule has 1 N–H and O–H groups in total. The van der Waals surface area contributed by atoms with Gasteiger partial charge in [-0.3, -0.25) is 0 Å². The summed E-state index contributed by atoms with van der Waals surface area (Å²) in [5.74, 6) is 0. The topological polar surface area (TPSA) is 15.3 Å². The van der Waals surface area contributed by atoms with Gasteiger partial charge in [-0.25, -0.2) is 0 Å². The quantitative estimate of drug-likeness (QED) is 0.821. The summed E-state index contributed by atoms with van der Waals surface area (Å²) in [6.07, 6.45) is 0. The maximum atomic E-state index is 3.49. The fourth-order valence-corrected chi connectivity index (χ4v) is 2.47. The smallest absolute Gasteiger partial charge is 0.0400 e. The molecule has 0 spiro atoms. The molecule has 0 amide bonds. The van der Waals surface area contributed by atoms with Crippen molar-refractivity contribution in [2.45, 2.75) is 34.2 Å². The third-order valence-corrected chi connectivity index (χ3v) is 4.07. The van der Waals surface area contributed by atoms with Crippen LogP contribution in [0.25, 0.3) is 0 Å². The van der Waals surface area contributed by atoms with E-state index in [-0.39, 0.29) is 0 Å². The van der Waals surface area contributed by atoms with Crippen LogP contribution in [0.15, 0.2) is 42.5 Å². The first-order valence-corrected chi connectivity index (χ1v) is 7.79. The summed E-state index contributed by atoms with van der Waals surface area (Å²) in [5, 5.41) is 3.49. The molecule has 2 aromatic rings. The van der Waals surface area contributed by atoms with Crippen molar-refractivity contribution in [3.63, 3.8) is 0 Å². The lowest BCUT2D eigenvalue weighted by atomic mass is 10.1. The Morgan fingerprint density at radius 3 is 2.10 bits per heavy atom. The van der Waals surface area contributed by atoms with Gasteiger partial charge in [-0.1, -0.05) is 18.2 Å². The zero-order valence-corrected chi connectivity index (χ0v) is 13.6. The van der Waals surface area contributed by atoms with E-state index >= 15 is 0 Å². The molecule has 0 unspecified atom stereocenters. The number of hydrogen-bond acceptors (Lipinski definition) is 2. The highest BCUT2D eigenvalue weighted by Gasteiger charge is 2.01. The minimum atomic E-state index is 0.862. The molecule has 0 saturated carbocycles. The van der Waals surface area contributed by atoms with Crippen LogP contribution in [0.3, 0.4) is 0 Å². The standard InChI is InChI=1S/C19H26N2/c1-5-21(6-2)19-11-8-17(9-12-19)14-20-18-10-7-15(3)16(4)13-18/h7-13,20H,5-6,14H2,1-4H3. The Kier molecular flexibility index (Phi) is 5.26. The van der Waals surface area contributed by atoms with Crippen molar-refractivity contribution in [1.82, 2.24) is 0 Å². The van der Waals surface area contributed by atoms with E-state index < -0.39 is 0 Å². The highest BCUT2D eigenvalue weighted by atomic mass is 15.1. The number of hydrogen-bond donors (Lipinski definition) is 1. The van der Waals surface area contributed by atoms with Crippen LogP contribution in [0, 0.1) is 13.8 Å². The molecular weight excluding hydrogens is 256 g/mol. The van der Waals surface area contributed by atoms with Crippen LogP contribution in [0.5, 0.6) is 0 Å². The number of anilines is 2. The Bertz CT molecular complexity index is 569. The monoisotopic (exact) mass is 282 g/mol. The Hall–Kier alpha value is -1.96. The van der Waals surface area contributed by atoms with E-state index in [2.05, 4.69) is 80.4 Å². The molecule has 0 aliphatic rings. The summed E-state index contributed by atoms with van der Waals surface area (Å²) in [6, 6.07) is 15.4. The molecule has 0 saturated heterocycles. The third-order valence-electron chi connectivity index (χ3n) is 4.07. The van der Waals surface area contributed by atoms with Gasteiger partial charge in [0, 0.05) is 31.0 Å². The van der Waals surface area contributed by atoms with Gasteiger partial charge in [-0.05, 0) is 68.7 Å². The van der Waals surface area contributed by atoms with Crippen LogP contribution in [0.4, 0.5) is 11.4 Å². The second-order valence-corrected chi connectivity index (χ2v) is 5.49. The van der Waals surface area contributed by atoms with Crippen LogP contribution in [-0.2, 0) is 6.54 Å². The Morgan fingerprint density at radius 2 is 1.52 bits per heavy atom. The molecule has 2 rings (SSSR count). The van der Waals surface area contributed by atoms with E-state index in [0.717, 1.165) is 19.6 Å². The van der Waals surface area contributed by atoms with Crippen molar-refractivity contribution in [3.05, 3.63) is 59.2 Å². The molecule has 0 fully saturated rings. The normalized spacial score (nSPS) is 10.5. The van der Waals surface area contributed by atoms with Gasteiger partial charge < -0.3 is 10.2 Å². The zero-order valence-electron chi connectivity index (χ0n) is 13.6. The Labute approximate surface area is 128 Å². The average Bonchev–Trinajstić information content (AvgIpc) is 2.51. The molecule has 0 radical (unpaired) electrons. The van der Waals surface area contributed by atoms with Gasteiger partial charge in [0.05, 0.1) is 0 Å². The van der Waals surface area contributed by atoms with E-state index in [1.807, 2.05) is 0 Å². The van der Waals surface area contributed by atoms with Crippen LogP contribution in [-0.4, -0.2) is 13.1 Å². The Balaban J connectivity index is 1.98. The zero-order chi connectivity index (χ0) is 15.2. The van der Waals surface area contributed by atoms with Crippen molar-refractivity contribution in [2.75, 3.05) is 23.3 Å². The average molecular weight is 282 g/mol. The summed E-state index contributed by atoms with van der Waals surface area (Å²) in [6.45, 7) is 11.6. The number of rotatable bonds is 6. The first kappa shape index (κ1) is 15.4. The van der Waals surface area contributed by atoms with E-state index in [4.69, 9.17) is 0 Å². The number of nitrogens with zero attached hydrogens (tertiary/aromatic N) is 1. The van der Waals surface area contributed by atoms with Crippen LogP contribution < -0.4 is 10.2 Å². The molecule has 2 heteroatoms. The second kappa shape index (κ2) is 7.16. The lowest BCUT2D eigenvalue weighted by Gasteiger charge is -2.21. The van der Waals surface area contributed by atoms with Gasteiger partial charge in [0.1, 0.15) is 0 Å². The van der Waals surface area contributed by atoms with Crippen LogP contribution in [0.2, 0.25) is 0 Å². The molecule has 2 aromatic carbocycles. The van der Waals surface area contributed by atoms with Gasteiger partial charge in [0.25, 0.3) is 0 Å². The Morgan fingerprint density at radius 1 is 0.857 bits per heavy atom. The van der Waals surface area contributed by atoms with Gasteiger partial charge in [-0.2, -0.15) is 0 Å².